The van der Waals surface area contributed by atoms with Gasteiger partial charge in [0.25, 0.3) is 7.82 Å². The van der Waals surface area contributed by atoms with Crippen LogP contribution in [0.15, 0.2) is 97.2 Å². The topological polar surface area (TPSA) is 108 Å². The lowest BCUT2D eigenvalue weighted by Gasteiger charge is -2.29. The number of unbranched alkanes of at least 4 members (excludes halogenated alkanes) is 26. The summed E-state index contributed by atoms with van der Waals surface area (Å²) in [4.78, 5) is 25.5. The Morgan fingerprint density at radius 1 is 0.500 bits per heavy atom. The normalized spacial score (nSPS) is 14.6. The molecule has 3 atom stereocenters. The zero-order valence-electron chi connectivity index (χ0n) is 47.4. The number of allylic oxidation sites excluding steroid dienone is 15. The second-order valence-corrected chi connectivity index (χ2v) is 22.4. The number of rotatable bonds is 53. The molecule has 0 aliphatic carbocycles. The van der Waals surface area contributed by atoms with Gasteiger partial charge in [0.1, 0.15) is 13.2 Å². The number of aliphatic hydroxyl groups is 1. The number of phosphoric acid groups is 1. The Kier molecular flexibility index (Phi) is 51.3. The molecule has 0 bridgehead atoms. The predicted octanol–water partition coefficient (Wildman–Crippen LogP) is 17.6. The van der Waals surface area contributed by atoms with Crippen LogP contribution in [0.25, 0.3) is 0 Å². The number of quaternary nitrogens is 1. The molecular formula is C63H113N2O6P. The maximum absolute atomic E-state index is 13.0. The molecule has 72 heavy (non-hydrogen) atoms. The molecule has 2 N–H and O–H groups in total. The SMILES string of the molecule is CC/C=C\C/C=C\C/C=C\C/C=C\C/C=C\CCCCCCCCCC(=O)NC(COP(=O)([O-])OCC[N+](C)(C)C)C(O)/C=C/CC/C=C/CC/C=C/CCCCCCCCCCCCCCCCCCC. The molecule has 416 valence electrons. The third-order valence-electron chi connectivity index (χ3n) is 12.8. The number of aliphatic hydroxyl groups excluding tert-OH is 1. The smallest absolute Gasteiger partial charge is 0.268 e. The summed E-state index contributed by atoms with van der Waals surface area (Å²) in [6.07, 6.45) is 76.4. The van der Waals surface area contributed by atoms with E-state index in [1.165, 1.54) is 135 Å². The Morgan fingerprint density at radius 3 is 1.29 bits per heavy atom. The van der Waals surface area contributed by atoms with Crippen molar-refractivity contribution in [2.24, 2.45) is 0 Å². The molecule has 0 aromatic carbocycles. The highest BCUT2D eigenvalue weighted by Crippen LogP contribution is 2.38. The van der Waals surface area contributed by atoms with Crippen LogP contribution in [0, 0.1) is 0 Å². The van der Waals surface area contributed by atoms with E-state index in [4.69, 9.17) is 9.05 Å². The summed E-state index contributed by atoms with van der Waals surface area (Å²) in [7, 11) is 1.22. The standard InChI is InChI=1S/C63H113N2O6P/c1-6-8-10-12-14-16-18-20-22-24-26-28-30-31-32-33-35-36-38-40-42-44-46-48-50-52-54-56-62(66)61(60-71-72(68,69)70-59-58-65(3,4)5)64-63(67)57-55-53-51-49-47-45-43-41-39-37-34-29-27-25-23-21-19-17-15-13-11-9-7-2/h9,11,15,17,21,23,27,29,37-40,46,48,54,56,61-62,66H,6-8,10,12-14,16,18-20,22,24-26,28,30-36,41-45,47,49-53,55,57-60H2,1-5H3,(H-,64,67,68,69)/b11-9-,17-15-,23-21-,29-27-,39-37-,40-38+,48-46+,56-54+. The van der Waals surface area contributed by atoms with E-state index in [1.54, 1.807) is 6.08 Å². The molecule has 3 unspecified atom stereocenters. The van der Waals surface area contributed by atoms with Crippen molar-refractivity contribution in [3.8, 4) is 0 Å². The molecular weight excluding hydrogens is 912 g/mol. The molecule has 9 heteroatoms. The number of phosphoric ester groups is 1. The lowest BCUT2D eigenvalue weighted by Crippen LogP contribution is -2.45. The first-order valence-corrected chi connectivity index (χ1v) is 31.1. The van der Waals surface area contributed by atoms with E-state index in [0.29, 0.717) is 17.4 Å². The number of hydrogen-bond donors (Lipinski definition) is 2. The summed E-state index contributed by atoms with van der Waals surface area (Å²) >= 11 is 0. The average molecular weight is 1030 g/mol. The highest BCUT2D eigenvalue weighted by molar-refractivity contribution is 7.45. The number of amides is 1. The van der Waals surface area contributed by atoms with Gasteiger partial charge in [-0.2, -0.15) is 0 Å². The molecule has 0 aromatic heterocycles. The van der Waals surface area contributed by atoms with E-state index in [1.807, 2.05) is 27.2 Å². The Labute approximate surface area is 445 Å². The molecule has 0 rings (SSSR count). The monoisotopic (exact) mass is 1020 g/mol. The first kappa shape index (κ1) is 69.4. The molecule has 0 radical (unpaired) electrons. The molecule has 0 saturated carbocycles. The van der Waals surface area contributed by atoms with Crippen LogP contribution in [0.3, 0.4) is 0 Å². The molecule has 0 saturated heterocycles. The van der Waals surface area contributed by atoms with Gasteiger partial charge < -0.3 is 28.8 Å². The van der Waals surface area contributed by atoms with Crippen LogP contribution < -0.4 is 10.2 Å². The maximum Gasteiger partial charge on any atom is 0.268 e. The fourth-order valence-electron chi connectivity index (χ4n) is 8.15. The lowest BCUT2D eigenvalue weighted by atomic mass is 10.0. The Morgan fingerprint density at radius 2 is 0.861 bits per heavy atom. The number of nitrogens with zero attached hydrogens (tertiary/aromatic N) is 1. The van der Waals surface area contributed by atoms with Crippen LogP contribution in [0.1, 0.15) is 245 Å². The fraction of sp³-hybridized carbons (Fsp3) is 0.730. The van der Waals surface area contributed by atoms with E-state index in [-0.39, 0.29) is 12.5 Å². The lowest BCUT2D eigenvalue weighted by molar-refractivity contribution is -0.870. The van der Waals surface area contributed by atoms with E-state index in [0.717, 1.165) is 89.9 Å². The Bertz CT molecular complexity index is 1490. The third kappa shape index (κ3) is 55.2. The van der Waals surface area contributed by atoms with Gasteiger partial charge in [-0.3, -0.25) is 9.36 Å². The molecule has 0 heterocycles. The van der Waals surface area contributed by atoms with Crippen LogP contribution in [-0.2, 0) is 18.4 Å². The summed E-state index contributed by atoms with van der Waals surface area (Å²) in [5.41, 5.74) is 0. The summed E-state index contributed by atoms with van der Waals surface area (Å²) in [5, 5.41) is 13.9. The van der Waals surface area contributed by atoms with Crippen LogP contribution in [0.4, 0.5) is 0 Å². The molecule has 1 amide bonds. The van der Waals surface area contributed by atoms with Gasteiger partial charge in [-0.1, -0.05) is 246 Å². The molecule has 0 fully saturated rings. The van der Waals surface area contributed by atoms with Gasteiger partial charge in [0.05, 0.1) is 39.9 Å². The molecule has 8 nitrogen and oxygen atoms in total. The van der Waals surface area contributed by atoms with Gasteiger partial charge in [0.15, 0.2) is 0 Å². The quantitative estimate of drug-likeness (QED) is 0.0272. The average Bonchev–Trinajstić information content (AvgIpc) is 3.34. The van der Waals surface area contributed by atoms with Gasteiger partial charge in [-0.25, -0.2) is 0 Å². The molecule has 0 aromatic rings. The first-order chi connectivity index (χ1) is 35.0. The van der Waals surface area contributed by atoms with Crippen LogP contribution in [0.2, 0.25) is 0 Å². The third-order valence-corrected chi connectivity index (χ3v) is 13.7. The molecule has 0 spiro atoms. The Hall–Kier alpha value is -2.58. The molecule has 0 aliphatic heterocycles. The van der Waals surface area contributed by atoms with E-state index >= 15 is 0 Å². The van der Waals surface area contributed by atoms with Crippen molar-refractivity contribution in [1.29, 1.82) is 0 Å². The first-order valence-electron chi connectivity index (χ1n) is 29.6. The van der Waals surface area contributed by atoms with E-state index in [2.05, 4.69) is 104 Å². The van der Waals surface area contributed by atoms with Gasteiger partial charge in [0, 0.05) is 6.42 Å². The van der Waals surface area contributed by atoms with Crippen LogP contribution in [-0.4, -0.2) is 68.5 Å². The van der Waals surface area contributed by atoms with Gasteiger partial charge in [-0.05, 0) is 89.9 Å². The fourth-order valence-corrected chi connectivity index (χ4v) is 8.88. The van der Waals surface area contributed by atoms with E-state index in [9.17, 15) is 19.4 Å². The van der Waals surface area contributed by atoms with Crippen molar-refractivity contribution in [1.82, 2.24) is 5.32 Å². The van der Waals surface area contributed by atoms with Crippen molar-refractivity contribution >= 4 is 13.7 Å². The van der Waals surface area contributed by atoms with Gasteiger partial charge >= 0.3 is 0 Å². The summed E-state index contributed by atoms with van der Waals surface area (Å²) in [6, 6.07) is -0.924. The minimum Gasteiger partial charge on any atom is -0.756 e. The number of likely N-dealkylation sites (N-methyl/N-ethyl adjacent to an activating group) is 1. The van der Waals surface area contributed by atoms with Crippen LogP contribution in [0.5, 0.6) is 0 Å². The van der Waals surface area contributed by atoms with Crippen molar-refractivity contribution in [3.63, 3.8) is 0 Å². The largest absolute Gasteiger partial charge is 0.756 e. The zero-order valence-corrected chi connectivity index (χ0v) is 48.2. The Balaban J connectivity index is 4.32. The van der Waals surface area contributed by atoms with Crippen LogP contribution >= 0.6 is 7.82 Å². The number of carbonyl (C=O) groups is 1. The predicted molar refractivity (Wildman–Crippen MR) is 311 cm³/mol. The number of hydrogen-bond acceptors (Lipinski definition) is 6. The summed E-state index contributed by atoms with van der Waals surface area (Å²) in [5.74, 6) is -0.225. The minimum atomic E-state index is -4.62. The van der Waals surface area contributed by atoms with Crippen molar-refractivity contribution < 1.29 is 32.9 Å². The zero-order chi connectivity index (χ0) is 52.7. The summed E-state index contributed by atoms with van der Waals surface area (Å²) in [6.45, 7) is 4.50. The molecule has 0 aliphatic rings. The second-order valence-electron chi connectivity index (χ2n) is 20.9. The van der Waals surface area contributed by atoms with Gasteiger partial charge in [0.2, 0.25) is 5.91 Å². The van der Waals surface area contributed by atoms with Crippen molar-refractivity contribution in [2.75, 3.05) is 40.9 Å². The number of carbonyl (C=O) groups excluding carboxylic acids is 1. The number of nitrogens with one attached hydrogen (secondary N) is 1. The minimum absolute atomic E-state index is 0.0164. The van der Waals surface area contributed by atoms with Crippen molar-refractivity contribution in [3.05, 3.63) is 97.2 Å². The summed E-state index contributed by atoms with van der Waals surface area (Å²) < 4.78 is 23.3. The second kappa shape index (κ2) is 53.3. The van der Waals surface area contributed by atoms with Gasteiger partial charge in [-0.15, -0.1) is 0 Å². The maximum atomic E-state index is 13.0. The van der Waals surface area contributed by atoms with Crippen molar-refractivity contribution in [2.45, 2.75) is 257 Å². The van der Waals surface area contributed by atoms with E-state index < -0.39 is 26.6 Å². The highest BCUT2D eigenvalue weighted by Gasteiger charge is 2.23. The highest BCUT2D eigenvalue weighted by atomic mass is 31.2.